The Morgan fingerprint density at radius 1 is 1.12 bits per heavy atom. The van der Waals surface area contributed by atoms with Crippen LogP contribution in [0.15, 0.2) is 0 Å². The molecule has 0 bridgehead atoms. The molecule has 0 saturated heterocycles. The smallest absolute Gasteiger partial charge is 0.0448 e. The van der Waals surface area contributed by atoms with Crippen LogP contribution >= 0.6 is 15.9 Å². The van der Waals surface area contributed by atoms with Gasteiger partial charge in [-0.05, 0) is 42.4 Å². The Bertz CT molecular complexity index is 239. The van der Waals surface area contributed by atoms with Gasteiger partial charge >= 0.3 is 0 Å². The molecule has 1 aliphatic rings. The molecule has 1 fully saturated rings. The second-order valence-electron chi connectivity index (χ2n) is 8.51. The van der Waals surface area contributed by atoms with E-state index in [9.17, 15) is 0 Å². The highest BCUT2D eigenvalue weighted by Gasteiger charge is 2.40. The van der Waals surface area contributed by atoms with Crippen molar-refractivity contribution < 1.29 is 0 Å². The molecule has 0 amide bonds. The van der Waals surface area contributed by atoms with Crippen LogP contribution in [-0.4, -0.2) is 13.4 Å². The van der Waals surface area contributed by atoms with Crippen LogP contribution in [0.3, 0.4) is 0 Å². The van der Waals surface area contributed by atoms with Gasteiger partial charge in [-0.25, -0.2) is 0 Å². The normalized spacial score (nSPS) is 31.6. The van der Waals surface area contributed by atoms with Crippen LogP contribution in [0.25, 0.3) is 0 Å². The Kier molecular flexibility index (Phi) is 4.97. The minimum absolute atomic E-state index is 0.512. The first kappa shape index (κ1) is 15.8. The van der Waals surface area contributed by atoms with Crippen LogP contribution in [0.1, 0.15) is 46.5 Å². The maximum absolute atomic E-state index is 3.81. The largest absolute Gasteiger partial charge is 0.0922 e. The molecular weight excluding hydrogens is 288 g/mol. The van der Waals surface area contributed by atoms with E-state index in [4.69, 9.17) is 0 Å². The molecule has 0 unspecified atom stereocenters. The Morgan fingerprint density at radius 3 is 1.88 bits per heavy atom. The van der Waals surface area contributed by atoms with Crippen molar-refractivity contribution in [3.05, 3.63) is 0 Å². The molecule has 0 nitrogen and oxygen atoms in total. The zero-order chi connectivity index (χ0) is 13.3. The van der Waals surface area contributed by atoms with Crippen molar-refractivity contribution in [1.29, 1.82) is 0 Å². The second-order valence-corrected chi connectivity index (χ2v) is 14.5. The van der Waals surface area contributed by atoms with Gasteiger partial charge in [-0.2, -0.15) is 0 Å². The Balaban J connectivity index is 2.64. The van der Waals surface area contributed by atoms with Crippen LogP contribution in [0.2, 0.25) is 25.7 Å². The minimum atomic E-state index is -0.936. The summed E-state index contributed by atoms with van der Waals surface area (Å²) in [7, 11) is -0.936. The number of halogens is 1. The second kappa shape index (κ2) is 5.36. The molecule has 1 saturated carbocycles. The SMILES string of the molecule is CC(C)(C)C1CCC(CBr)(C[Si](C)(C)C)CC1. The average molecular weight is 319 g/mol. The summed E-state index contributed by atoms with van der Waals surface area (Å²) < 4.78 is 0. The highest BCUT2D eigenvalue weighted by Crippen LogP contribution is 2.49. The number of hydrogen-bond donors (Lipinski definition) is 0. The van der Waals surface area contributed by atoms with Gasteiger partial charge in [0, 0.05) is 13.4 Å². The summed E-state index contributed by atoms with van der Waals surface area (Å²) in [6.07, 6.45) is 5.79. The summed E-state index contributed by atoms with van der Waals surface area (Å²) in [5.41, 5.74) is 1.14. The molecule has 0 heterocycles. The summed E-state index contributed by atoms with van der Waals surface area (Å²) in [6.45, 7) is 14.8. The molecule has 0 aromatic carbocycles. The van der Waals surface area contributed by atoms with Crippen molar-refractivity contribution in [2.45, 2.75) is 72.1 Å². The van der Waals surface area contributed by atoms with Crippen molar-refractivity contribution in [2.75, 3.05) is 5.33 Å². The van der Waals surface area contributed by atoms with Gasteiger partial charge in [-0.1, -0.05) is 62.4 Å². The summed E-state index contributed by atoms with van der Waals surface area (Å²) in [5, 5.41) is 1.22. The maximum Gasteiger partial charge on any atom is 0.0448 e. The predicted octanol–water partition coefficient (Wildman–Crippen LogP) is 5.94. The molecule has 2 heteroatoms. The zero-order valence-corrected chi connectivity index (χ0v) is 15.3. The third kappa shape index (κ3) is 4.70. The average Bonchev–Trinajstić information content (AvgIpc) is 2.14. The number of rotatable bonds is 3. The minimum Gasteiger partial charge on any atom is -0.0922 e. The van der Waals surface area contributed by atoms with Gasteiger partial charge in [0.25, 0.3) is 0 Å². The van der Waals surface area contributed by atoms with E-state index in [0.717, 1.165) is 5.92 Å². The lowest BCUT2D eigenvalue weighted by Gasteiger charge is -2.45. The van der Waals surface area contributed by atoms with Gasteiger partial charge in [-0.15, -0.1) is 0 Å². The summed E-state index contributed by atoms with van der Waals surface area (Å²) in [4.78, 5) is 0. The lowest BCUT2D eigenvalue weighted by Crippen LogP contribution is -2.39. The van der Waals surface area contributed by atoms with Crippen molar-refractivity contribution in [1.82, 2.24) is 0 Å². The van der Waals surface area contributed by atoms with Crippen LogP contribution < -0.4 is 0 Å². The Hall–Kier alpha value is 0.697. The molecule has 0 aromatic rings. The van der Waals surface area contributed by atoms with Crippen LogP contribution in [0.4, 0.5) is 0 Å². The van der Waals surface area contributed by atoms with E-state index in [-0.39, 0.29) is 0 Å². The molecule has 102 valence electrons. The predicted molar refractivity (Wildman–Crippen MR) is 85.8 cm³/mol. The van der Waals surface area contributed by atoms with E-state index in [2.05, 4.69) is 56.3 Å². The third-order valence-corrected chi connectivity index (χ3v) is 7.46. The highest BCUT2D eigenvalue weighted by molar-refractivity contribution is 9.09. The molecule has 17 heavy (non-hydrogen) atoms. The molecule has 1 rings (SSSR count). The molecule has 1 aliphatic carbocycles. The first-order valence-corrected chi connectivity index (χ1v) is 12.0. The quantitative estimate of drug-likeness (QED) is 0.446. The van der Waals surface area contributed by atoms with Gasteiger partial charge in [0.2, 0.25) is 0 Å². The van der Waals surface area contributed by atoms with E-state index in [1.165, 1.54) is 37.1 Å². The maximum atomic E-state index is 3.81. The van der Waals surface area contributed by atoms with Crippen molar-refractivity contribution in [3.8, 4) is 0 Å². The first-order valence-electron chi connectivity index (χ1n) is 7.14. The Morgan fingerprint density at radius 2 is 1.59 bits per heavy atom. The van der Waals surface area contributed by atoms with Gasteiger partial charge in [0.05, 0.1) is 0 Å². The Labute approximate surface area is 118 Å². The van der Waals surface area contributed by atoms with Gasteiger partial charge in [-0.3, -0.25) is 0 Å². The molecule has 0 N–H and O–H groups in total. The topological polar surface area (TPSA) is 0 Å². The summed E-state index contributed by atoms with van der Waals surface area (Å²) >= 11 is 3.81. The third-order valence-electron chi connectivity index (χ3n) is 4.46. The van der Waals surface area contributed by atoms with Gasteiger partial charge in [0.1, 0.15) is 0 Å². The van der Waals surface area contributed by atoms with Gasteiger partial charge in [0.15, 0.2) is 0 Å². The van der Waals surface area contributed by atoms with Gasteiger partial charge < -0.3 is 0 Å². The lowest BCUT2D eigenvalue weighted by molar-refractivity contribution is 0.114. The van der Waals surface area contributed by atoms with Crippen molar-refractivity contribution >= 4 is 24.0 Å². The van der Waals surface area contributed by atoms with Crippen LogP contribution in [0, 0.1) is 16.7 Å². The fraction of sp³-hybridized carbons (Fsp3) is 1.00. The standard InChI is InChI=1S/C15H31BrSi/c1-14(2,3)13-7-9-15(11-16,10-8-13)12-17(4,5)6/h13H,7-12H2,1-6H3. The summed E-state index contributed by atoms with van der Waals surface area (Å²) in [5.74, 6) is 0.941. The molecule has 0 aromatic heterocycles. The number of hydrogen-bond acceptors (Lipinski definition) is 0. The first-order chi connectivity index (χ1) is 7.58. The molecule has 0 spiro atoms. The number of alkyl halides is 1. The van der Waals surface area contributed by atoms with E-state index < -0.39 is 8.07 Å². The molecule has 0 radical (unpaired) electrons. The van der Waals surface area contributed by atoms with Crippen LogP contribution in [-0.2, 0) is 0 Å². The highest BCUT2D eigenvalue weighted by atomic mass is 79.9. The van der Waals surface area contributed by atoms with Crippen molar-refractivity contribution in [2.24, 2.45) is 16.7 Å². The van der Waals surface area contributed by atoms with Crippen LogP contribution in [0.5, 0.6) is 0 Å². The lowest BCUT2D eigenvalue weighted by atomic mass is 9.65. The zero-order valence-electron chi connectivity index (χ0n) is 12.7. The van der Waals surface area contributed by atoms with E-state index in [1.54, 1.807) is 0 Å². The molecule has 0 atom stereocenters. The summed E-state index contributed by atoms with van der Waals surface area (Å²) in [6, 6.07) is 1.50. The van der Waals surface area contributed by atoms with Crippen molar-refractivity contribution in [3.63, 3.8) is 0 Å². The fourth-order valence-corrected chi connectivity index (χ4v) is 7.43. The molecule has 0 aliphatic heterocycles. The van der Waals surface area contributed by atoms with E-state index >= 15 is 0 Å². The molecular formula is C15H31BrSi. The monoisotopic (exact) mass is 318 g/mol. The fourth-order valence-electron chi connectivity index (χ4n) is 3.58. The van der Waals surface area contributed by atoms with E-state index in [0.29, 0.717) is 10.8 Å². The van der Waals surface area contributed by atoms with E-state index in [1.807, 2.05) is 0 Å².